The SMILES string of the molecule is O=C(NCc1n[nH]c(=S)n1C1CC1)c1nc2ccccc2[nH]1. The highest BCUT2D eigenvalue weighted by molar-refractivity contribution is 7.71. The molecule has 3 N–H and O–H groups in total. The Hall–Kier alpha value is -2.48. The zero-order chi connectivity index (χ0) is 15.1. The lowest BCUT2D eigenvalue weighted by Crippen LogP contribution is -2.25. The first kappa shape index (κ1) is 13.2. The first-order valence-corrected chi connectivity index (χ1v) is 7.52. The standard InChI is InChI=1S/C14H14N6OS/c21-13(12-16-9-3-1-2-4-10(9)17-12)15-7-11-18-19-14(22)20(11)8-5-6-8/h1-4,8H,5-7H2,(H,15,21)(H,16,17)(H,19,22). The molecule has 1 amide bonds. The number of nitrogens with zero attached hydrogens (tertiary/aromatic N) is 3. The van der Waals surface area contributed by atoms with E-state index in [0.717, 1.165) is 29.7 Å². The van der Waals surface area contributed by atoms with Crippen LogP contribution in [0.5, 0.6) is 0 Å². The fraction of sp³-hybridized carbons (Fsp3) is 0.286. The van der Waals surface area contributed by atoms with Gasteiger partial charge >= 0.3 is 0 Å². The van der Waals surface area contributed by atoms with Crippen LogP contribution in [0.1, 0.15) is 35.3 Å². The van der Waals surface area contributed by atoms with Crippen LogP contribution >= 0.6 is 12.2 Å². The van der Waals surface area contributed by atoms with Crippen LogP contribution in [0.4, 0.5) is 0 Å². The van der Waals surface area contributed by atoms with Crippen molar-refractivity contribution in [2.45, 2.75) is 25.4 Å². The number of para-hydroxylation sites is 2. The summed E-state index contributed by atoms with van der Waals surface area (Å²) < 4.78 is 2.59. The maximum Gasteiger partial charge on any atom is 0.287 e. The number of carbonyl (C=O) groups is 1. The normalized spacial score (nSPS) is 14.4. The van der Waals surface area contributed by atoms with Gasteiger partial charge in [0.2, 0.25) is 0 Å². The molecule has 112 valence electrons. The van der Waals surface area contributed by atoms with Gasteiger partial charge in [0.25, 0.3) is 5.91 Å². The Labute approximate surface area is 130 Å². The van der Waals surface area contributed by atoms with Crippen molar-refractivity contribution in [1.82, 2.24) is 30.0 Å². The van der Waals surface area contributed by atoms with Crippen LogP contribution in [0.3, 0.4) is 0 Å². The molecule has 3 aromatic rings. The molecule has 0 bridgehead atoms. The van der Waals surface area contributed by atoms with Crippen molar-refractivity contribution in [1.29, 1.82) is 0 Å². The molecule has 0 aliphatic heterocycles. The highest BCUT2D eigenvalue weighted by Gasteiger charge is 2.27. The predicted octanol–water partition coefficient (Wildman–Crippen LogP) is 2.08. The number of benzene rings is 1. The Bertz CT molecular complexity index is 870. The lowest BCUT2D eigenvalue weighted by molar-refractivity contribution is 0.0940. The minimum absolute atomic E-state index is 0.257. The van der Waals surface area contributed by atoms with Crippen LogP contribution in [-0.4, -0.2) is 30.6 Å². The van der Waals surface area contributed by atoms with Crippen molar-refractivity contribution in [2.24, 2.45) is 0 Å². The molecule has 1 fully saturated rings. The van der Waals surface area contributed by atoms with Gasteiger partial charge in [-0.25, -0.2) is 4.98 Å². The molecule has 7 nitrogen and oxygen atoms in total. The molecule has 0 unspecified atom stereocenters. The van der Waals surface area contributed by atoms with E-state index in [1.165, 1.54) is 0 Å². The number of amides is 1. The molecule has 0 spiro atoms. The van der Waals surface area contributed by atoms with E-state index in [-0.39, 0.29) is 5.91 Å². The molecule has 0 atom stereocenters. The molecule has 0 saturated heterocycles. The monoisotopic (exact) mass is 314 g/mol. The Balaban J connectivity index is 1.51. The molecule has 1 aromatic carbocycles. The van der Waals surface area contributed by atoms with Crippen LogP contribution in [0, 0.1) is 4.77 Å². The number of hydrogen-bond acceptors (Lipinski definition) is 4. The first-order valence-electron chi connectivity index (χ1n) is 7.11. The second-order valence-corrected chi connectivity index (χ2v) is 5.72. The summed E-state index contributed by atoms with van der Waals surface area (Å²) in [5.74, 6) is 0.790. The van der Waals surface area contributed by atoms with Crippen LogP contribution in [-0.2, 0) is 6.54 Å². The molecule has 8 heteroatoms. The minimum Gasteiger partial charge on any atom is -0.342 e. The smallest absolute Gasteiger partial charge is 0.287 e. The van der Waals surface area contributed by atoms with Gasteiger partial charge in [-0.05, 0) is 37.2 Å². The average Bonchev–Trinajstić information content (AvgIpc) is 3.15. The van der Waals surface area contributed by atoms with Gasteiger partial charge in [0, 0.05) is 6.04 Å². The van der Waals surface area contributed by atoms with E-state index < -0.39 is 0 Å². The summed E-state index contributed by atoms with van der Waals surface area (Å²) in [5.41, 5.74) is 1.61. The molecule has 1 aliphatic carbocycles. The third-order valence-corrected chi connectivity index (χ3v) is 3.99. The fourth-order valence-electron chi connectivity index (χ4n) is 2.47. The summed E-state index contributed by atoms with van der Waals surface area (Å²) in [6.45, 7) is 0.319. The summed E-state index contributed by atoms with van der Waals surface area (Å²) in [6.07, 6.45) is 2.22. The fourth-order valence-corrected chi connectivity index (χ4v) is 2.77. The van der Waals surface area contributed by atoms with E-state index in [9.17, 15) is 4.79 Å². The van der Waals surface area contributed by atoms with Crippen molar-refractivity contribution in [3.63, 3.8) is 0 Å². The second-order valence-electron chi connectivity index (χ2n) is 5.33. The molecule has 0 radical (unpaired) electrons. The summed E-state index contributed by atoms with van der Waals surface area (Å²) in [7, 11) is 0. The number of hydrogen-bond donors (Lipinski definition) is 3. The molecule has 2 heterocycles. The van der Waals surface area contributed by atoms with Crippen LogP contribution in [0.2, 0.25) is 0 Å². The molecular weight excluding hydrogens is 300 g/mol. The van der Waals surface area contributed by atoms with Gasteiger partial charge in [0.15, 0.2) is 16.4 Å². The van der Waals surface area contributed by atoms with Crippen LogP contribution < -0.4 is 5.32 Å². The summed E-state index contributed by atoms with van der Waals surface area (Å²) >= 11 is 5.22. The highest BCUT2D eigenvalue weighted by atomic mass is 32.1. The van der Waals surface area contributed by atoms with E-state index in [4.69, 9.17) is 12.2 Å². The number of aromatic amines is 2. The lowest BCUT2D eigenvalue weighted by Gasteiger charge is -2.05. The summed E-state index contributed by atoms with van der Waals surface area (Å²) in [5, 5.41) is 9.80. The van der Waals surface area contributed by atoms with E-state index in [2.05, 4.69) is 25.5 Å². The quantitative estimate of drug-likeness (QED) is 0.643. The zero-order valence-corrected chi connectivity index (χ0v) is 12.5. The Morgan fingerprint density at radius 2 is 2.23 bits per heavy atom. The number of rotatable bonds is 4. The van der Waals surface area contributed by atoms with Gasteiger partial charge in [0.05, 0.1) is 17.6 Å². The molecule has 22 heavy (non-hydrogen) atoms. The molecule has 1 aliphatic rings. The van der Waals surface area contributed by atoms with Crippen molar-refractivity contribution in [3.05, 3.63) is 40.7 Å². The highest BCUT2D eigenvalue weighted by Crippen LogP contribution is 2.35. The third-order valence-electron chi connectivity index (χ3n) is 3.70. The number of fused-ring (bicyclic) bond motifs is 1. The van der Waals surface area contributed by atoms with E-state index in [1.54, 1.807) is 0 Å². The molecule has 1 saturated carbocycles. The molecule has 2 aromatic heterocycles. The van der Waals surface area contributed by atoms with E-state index >= 15 is 0 Å². The third kappa shape index (κ3) is 2.31. The largest absolute Gasteiger partial charge is 0.342 e. The van der Waals surface area contributed by atoms with Crippen LogP contribution in [0.25, 0.3) is 11.0 Å². The molecular formula is C14H14N6OS. The number of aromatic nitrogens is 5. The van der Waals surface area contributed by atoms with Gasteiger partial charge in [-0.15, -0.1) is 0 Å². The number of nitrogens with one attached hydrogen (secondary N) is 3. The van der Waals surface area contributed by atoms with Crippen molar-refractivity contribution in [3.8, 4) is 0 Å². The van der Waals surface area contributed by atoms with Gasteiger partial charge in [-0.2, -0.15) is 5.10 Å². The van der Waals surface area contributed by atoms with Crippen molar-refractivity contribution in [2.75, 3.05) is 0 Å². The van der Waals surface area contributed by atoms with Gasteiger partial charge in [-0.1, -0.05) is 12.1 Å². The Kier molecular flexibility index (Phi) is 3.04. The van der Waals surface area contributed by atoms with E-state index in [0.29, 0.717) is 23.2 Å². The Morgan fingerprint density at radius 3 is 3.00 bits per heavy atom. The maximum atomic E-state index is 12.2. The maximum absolute atomic E-state index is 12.2. The number of carbonyl (C=O) groups excluding carboxylic acids is 1. The van der Waals surface area contributed by atoms with Crippen LogP contribution in [0.15, 0.2) is 24.3 Å². The van der Waals surface area contributed by atoms with Gasteiger partial charge < -0.3 is 10.3 Å². The lowest BCUT2D eigenvalue weighted by atomic mass is 10.3. The minimum atomic E-state index is -0.257. The van der Waals surface area contributed by atoms with Crippen molar-refractivity contribution >= 4 is 29.2 Å². The van der Waals surface area contributed by atoms with Crippen molar-refractivity contribution < 1.29 is 4.79 Å². The first-order chi connectivity index (χ1) is 10.7. The molecule has 4 rings (SSSR count). The predicted molar refractivity (Wildman–Crippen MR) is 82.9 cm³/mol. The topological polar surface area (TPSA) is 91.4 Å². The zero-order valence-electron chi connectivity index (χ0n) is 11.7. The summed E-state index contributed by atoms with van der Waals surface area (Å²) in [6, 6.07) is 7.95. The number of imidazole rings is 1. The summed E-state index contributed by atoms with van der Waals surface area (Å²) in [4.78, 5) is 19.5. The van der Waals surface area contributed by atoms with E-state index in [1.807, 2.05) is 28.8 Å². The average molecular weight is 314 g/mol. The second kappa shape index (κ2) is 5.06. The number of H-pyrrole nitrogens is 2. The van der Waals surface area contributed by atoms with Gasteiger partial charge in [0.1, 0.15) is 0 Å². The Morgan fingerprint density at radius 1 is 1.41 bits per heavy atom. The van der Waals surface area contributed by atoms with Gasteiger partial charge in [-0.3, -0.25) is 14.5 Å².